The Labute approximate surface area is 103 Å². The molecule has 1 heteroatoms. The van der Waals surface area contributed by atoms with Crippen LogP contribution in [0.2, 0.25) is 0 Å². The highest BCUT2D eigenvalue weighted by Gasteiger charge is 2.10. The average Bonchev–Trinajstić information content (AvgIpc) is 2.19. The van der Waals surface area contributed by atoms with E-state index in [0.717, 1.165) is 6.04 Å². The molecule has 0 saturated heterocycles. The molecule has 0 rings (SSSR count). The van der Waals surface area contributed by atoms with Crippen molar-refractivity contribution in [3.63, 3.8) is 0 Å². The lowest BCUT2D eigenvalue weighted by Crippen LogP contribution is -2.29. The molecule has 0 aliphatic rings. The van der Waals surface area contributed by atoms with E-state index in [2.05, 4.69) is 39.9 Å². The van der Waals surface area contributed by atoms with Gasteiger partial charge < -0.3 is 5.32 Å². The van der Waals surface area contributed by atoms with Crippen molar-refractivity contribution in [2.24, 2.45) is 5.41 Å². The van der Waals surface area contributed by atoms with E-state index in [4.69, 9.17) is 0 Å². The molecule has 1 atom stereocenters. The first-order valence-electron chi connectivity index (χ1n) is 7.23. The zero-order chi connectivity index (χ0) is 12.4. The third kappa shape index (κ3) is 10.5. The highest BCUT2D eigenvalue weighted by atomic mass is 14.9. The van der Waals surface area contributed by atoms with Gasteiger partial charge in [0.15, 0.2) is 0 Å². The van der Waals surface area contributed by atoms with Gasteiger partial charge in [-0.05, 0) is 37.6 Å². The number of hydrogen-bond donors (Lipinski definition) is 1. The monoisotopic (exact) mass is 227 g/mol. The van der Waals surface area contributed by atoms with Crippen LogP contribution in [0.4, 0.5) is 0 Å². The van der Waals surface area contributed by atoms with E-state index in [1.165, 1.54) is 51.5 Å². The third-order valence-electron chi connectivity index (χ3n) is 3.05. The predicted octanol–water partition coefficient (Wildman–Crippen LogP) is 4.76. The highest BCUT2D eigenvalue weighted by Crippen LogP contribution is 2.22. The summed E-state index contributed by atoms with van der Waals surface area (Å²) in [5, 5.41) is 3.67. The molecule has 0 radical (unpaired) electrons. The molecule has 0 spiro atoms. The number of nitrogens with one attached hydrogen (secondary N) is 1. The van der Waals surface area contributed by atoms with Gasteiger partial charge in [-0.2, -0.15) is 0 Å². The summed E-state index contributed by atoms with van der Waals surface area (Å²) in [6, 6.07) is 0.768. The maximum Gasteiger partial charge on any atom is 0.00669 e. The fourth-order valence-electron chi connectivity index (χ4n) is 2.09. The van der Waals surface area contributed by atoms with E-state index in [9.17, 15) is 0 Å². The van der Waals surface area contributed by atoms with E-state index in [1.807, 2.05) is 0 Å². The molecule has 0 aliphatic carbocycles. The zero-order valence-electron chi connectivity index (χ0n) is 12.2. The van der Waals surface area contributed by atoms with Crippen molar-refractivity contribution < 1.29 is 0 Å². The van der Waals surface area contributed by atoms with Crippen molar-refractivity contribution in [1.29, 1.82) is 0 Å². The van der Waals surface area contributed by atoms with Crippen LogP contribution in [0.15, 0.2) is 0 Å². The summed E-state index contributed by atoms with van der Waals surface area (Å²) in [4.78, 5) is 0. The molecule has 1 nitrogen and oxygen atoms in total. The van der Waals surface area contributed by atoms with Crippen molar-refractivity contribution in [3.8, 4) is 0 Å². The largest absolute Gasteiger partial charge is 0.314 e. The minimum absolute atomic E-state index is 0.511. The van der Waals surface area contributed by atoms with Gasteiger partial charge >= 0.3 is 0 Å². The molecule has 0 aromatic heterocycles. The Bertz CT molecular complexity index is 146. The maximum atomic E-state index is 3.67. The fraction of sp³-hybridized carbons (Fsp3) is 1.00. The summed E-state index contributed by atoms with van der Waals surface area (Å²) < 4.78 is 0. The lowest BCUT2D eigenvalue weighted by Gasteiger charge is -2.20. The van der Waals surface area contributed by atoms with E-state index in [0.29, 0.717) is 5.41 Å². The summed E-state index contributed by atoms with van der Waals surface area (Å²) in [5.41, 5.74) is 0.511. The Morgan fingerprint density at radius 1 is 0.938 bits per heavy atom. The van der Waals surface area contributed by atoms with E-state index in [-0.39, 0.29) is 0 Å². The Morgan fingerprint density at radius 3 is 2.12 bits per heavy atom. The van der Waals surface area contributed by atoms with Crippen molar-refractivity contribution >= 4 is 0 Å². The minimum atomic E-state index is 0.511. The molecule has 98 valence electrons. The molecule has 0 aromatic rings. The van der Waals surface area contributed by atoms with Gasteiger partial charge in [-0.3, -0.25) is 0 Å². The lowest BCUT2D eigenvalue weighted by molar-refractivity contribution is 0.345. The van der Waals surface area contributed by atoms with Crippen LogP contribution in [0.3, 0.4) is 0 Å². The smallest absolute Gasteiger partial charge is 0.00669 e. The summed E-state index contributed by atoms with van der Waals surface area (Å²) >= 11 is 0. The molecule has 0 bridgehead atoms. The maximum absolute atomic E-state index is 3.67. The second-order valence-corrected chi connectivity index (χ2v) is 6.25. The van der Waals surface area contributed by atoms with Crippen LogP contribution in [0.1, 0.15) is 79.6 Å². The predicted molar refractivity (Wildman–Crippen MR) is 74.9 cm³/mol. The SMILES string of the molecule is CCCNC(CCC)CCCCC(C)(C)C. The lowest BCUT2D eigenvalue weighted by atomic mass is 9.89. The van der Waals surface area contributed by atoms with E-state index in [1.54, 1.807) is 0 Å². The highest BCUT2D eigenvalue weighted by molar-refractivity contribution is 4.67. The first-order chi connectivity index (χ1) is 7.49. The fourth-order valence-corrected chi connectivity index (χ4v) is 2.09. The van der Waals surface area contributed by atoms with Gasteiger partial charge in [0, 0.05) is 6.04 Å². The van der Waals surface area contributed by atoms with Crippen LogP contribution in [0.5, 0.6) is 0 Å². The van der Waals surface area contributed by atoms with E-state index < -0.39 is 0 Å². The van der Waals surface area contributed by atoms with Crippen LogP contribution in [0, 0.1) is 5.41 Å². The normalized spacial score (nSPS) is 14.1. The molecule has 0 heterocycles. The summed E-state index contributed by atoms with van der Waals surface area (Å²) in [7, 11) is 0. The first-order valence-corrected chi connectivity index (χ1v) is 7.23. The number of unbranched alkanes of at least 4 members (excludes halogenated alkanes) is 1. The van der Waals surface area contributed by atoms with Gasteiger partial charge in [-0.25, -0.2) is 0 Å². The molecule has 1 unspecified atom stereocenters. The van der Waals surface area contributed by atoms with Gasteiger partial charge in [0.1, 0.15) is 0 Å². The molecule has 0 saturated carbocycles. The number of rotatable bonds is 9. The Morgan fingerprint density at radius 2 is 1.62 bits per heavy atom. The molecular weight excluding hydrogens is 194 g/mol. The topological polar surface area (TPSA) is 12.0 Å². The van der Waals surface area contributed by atoms with Gasteiger partial charge in [-0.1, -0.05) is 53.9 Å². The summed E-state index contributed by atoms with van der Waals surface area (Å²) in [6.07, 6.45) is 9.40. The third-order valence-corrected chi connectivity index (χ3v) is 3.05. The number of hydrogen-bond acceptors (Lipinski definition) is 1. The Kier molecular flexibility index (Phi) is 9.02. The minimum Gasteiger partial charge on any atom is -0.314 e. The van der Waals surface area contributed by atoms with Crippen molar-refractivity contribution in [2.75, 3.05) is 6.54 Å². The van der Waals surface area contributed by atoms with Crippen molar-refractivity contribution in [1.82, 2.24) is 5.32 Å². The average molecular weight is 227 g/mol. The molecule has 0 aromatic carbocycles. The van der Waals surface area contributed by atoms with Crippen LogP contribution in [0.25, 0.3) is 0 Å². The zero-order valence-corrected chi connectivity index (χ0v) is 12.2. The van der Waals surface area contributed by atoms with Crippen LogP contribution < -0.4 is 5.32 Å². The van der Waals surface area contributed by atoms with Gasteiger partial charge in [0.05, 0.1) is 0 Å². The molecule has 0 fully saturated rings. The standard InChI is InChI=1S/C15H33N/c1-6-10-14(16-13-7-2)11-8-9-12-15(3,4)5/h14,16H,6-13H2,1-5H3. The van der Waals surface area contributed by atoms with Crippen molar-refractivity contribution in [3.05, 3.63) is 0 Å². The molecule has 0 amide bonds. The first kappa shape index (κ1) is 16.0. The summed E-state index contributed by atoms with van der Waals surface area (Å²) in [5.74, 6) is 0. The Hall–Kier alpha value is -0.0400. The van der Waals surface area contributed by atoms with Crippen LogP contribution in [-0.4, -0.2) is 12.6 Å². The molecular formula is C15H33N. The van der Waals surface area contributed by atoms with Gasteiger partial charge in [-0.15, -0.1) is 0 Å². The molecule has 0 aliphatic heterocycles. The van der Waals surface area contributed by atoms with Crippen molar-refractivity contribution in [2.45, 2.75) is 85.6 Å². The van der Waals surface area contributed by atoms with Gasteiger partial charge in [0.2, 0.25) is 0 Å². The van der Waals surface area contributed by atoms with E-state index >= 15 is 0 Å². The summed E-state index contributed by atoms with van der Waals surface area (Å²) in [6.45, 7) is 12.7. The van der Waals surface area contributed by atoms with Crippen LogP contribution >= 0.6 is 0 Å². The van der Waals surface area contributed by atoms with Crippen LogP contribution in [-0.2, 0) is 0 Å². The molecule has 1 N–H and O–H groups in total. The second kappa shape index (κ2) is 9.04. The quantitative estimate of drug-likeness (QED) is 0.560. The second-order valence-electron chi connectivity index (χ2n) is 6.25. The van der Waals surface area contributed by atoms with Gasteiger partial charge in [0.25, 0.3) is 0 Å². The molecule has 16 heavy (non-hydrogen) atoms. The Balaban J connectivity index is 3.59.